The predicted molar refractivity (Wildman–Crippen MR) is 274 cm³/mol. The molecule has 0 aliphatic heterocycles. The first-order valence-electron chi connectivity index (χ1n) is 21.4. The van der Waals surface area contributed by atoms with E-state index < -0.39 is 52.2 Å². The van der Waals surface area contributed by atoms with Gasteiger partial charge in [-0.3, -0.25) is 0 Å². The van der Waals surface area contributed by atoms with Crippen LogP contribution in [0.15, 0.2) is 243 Å². The van der Waals surface area contributed by atoms with Crippen LogP contribution in [0.25, 0.3) is 0 Å². The summed E-state index contributed by atoms with van der Waals surface area (Å²) in [6.45, 7) is 2.86. The molecule has 0 atom stereocenters. The summed E-state index contributed by atoms with van der Waals surface area (Å²) in [6, 6.07) is 92.4. The van der Waals surface area contributed by atoms with Gasteiger partial charge in [0.05, 0.1) is 12.1 Å². The van der Waals surface area contributed by atoms with Gasteiger partial charge in [0.25, 0.3) is 0 Å². The summed E-state index contributed by atoms with van der Waals surface area (Å²) >= 11 is 0. The summed E-state index contributed by atoms with van der Waals surface area (Å²) in [4.78, 5) is 0. The van der Waals surface area contributed by atoms with Gasteiger partial charge >= 0.3 is 44.8 Å². The van der Waals surface area contributed by atoms with E-state index in [-0.39, 0.29) is 44.8 Å². The number of rotatable bonds is 12. The third-order valence-electron chi connectivity index (χ3n) is 9.69. The van der Waals surface area contributed by atoms with Crippen LogP contribution < -0.4 is 79.7 Å². The molecule has 18 heteroatoms. The second-order valence-electron chi connectivity index (χ2n) is 14.4. The summed E-state index contributed by atoms with van der Waals surface area (Å²) in [5.41, 5.74) is 0. The predicted octanol–water partition coefficient (Wildman–Crippen LogP) is 0.891. The Bertz CT molecular complexity index is 2150. The van der Waals surface area contributed by atoms with E-state index in [4.69, 9.17) is 47.8 Å². The second kappa shape index (κ2) is 37.9. The fourth-order valence-electron chi connectivity index (χ4n) is 6.95. The molecule has 0 aliphatic carbocycles. The summed E-state index contributed by atoms with van der Waals surface area (Å²) in [7, 11) is -13.3. The Morgan fingerprint density at radius 2 is 0.361 bits per heavy atom. The van der Waals surface area contributed by atoms with E-state index in [2.05, 4.69) is 243 Å². The van der Waals surface area contributed by atoms with Crippen LogP contribution in [0, 0.1) is 43.1 Å². The van der Waals surface area contributed by atoms with Crippen LogP contribution in [-0.4, -0.2) is 11.8 Å². The minimum Gasteiger partial charge on any atom is -0.222 e. The molecule has 0 heterocycles. The van der Waals surface area contributed by atoms with Gasteiger partial charge in [-0.15, -0.1) is 20.5 Å². The van der Waals surface area contributed by atoms with Crippen molar-refractivity contribution in [1.82, 2.24) is 0 Å². The standard InChI is InChI=1S/2C25H22P2.2C2H3N.2Ag.2ClHO4/c2*1-5-13-22(14-6-1)26(23-15-7-2-8-16-23)21-27(24-17-9-3-10-18-24)25-19-11-4-12-20-25;2*1-2-3;;;2*2-1(3,4)5/h2*1-20H,21H2;2*1H3;;;2*(H,2,3,4,5)/q;;;;2*+1;;/p+2. The van der Waals surface area contributed by atoms with Gasteiger partial charge in [0, 0.05) is 13.8 Å². The van der Waals surface area contributed by atoms with Crippen LogP contribution in [0.5, 0.6) is 0 Å². The van der Waals surface area contributed by atoms with Crippen LogP contribution in [-0.2, 0) is 44.8 Å². The zero-order valence-electron chi connectivity index (χ0n) is 39.0. The molecule has 0 bridgehead atoms. The average Bonchev–Trinajstić information content (AvgIpc) is 3.36. The Morgan fingerprint density at radius 1 is 0.278 bits per heavy atom. The van der Waals surface area contributed by atoms with Crippen molar-refractivity contribution in [2.24, 2.45) is 0 Å². The molecule has 8 aromatic carbocycles. The van der Waals surface area contributed by atoms with E-state index in [9.17, 15) is 0 Å². The fourth-order valence-corrected chi connectivity index (χ4v) is 22.4. The summed E-state index contributed by atoms with van der Waals surface area (Å²) in [6.07, 6.45) is 0. The summed E-state index contributed by atoms with van der Waals surface area (Å²) in [5.74, 6) is 2.49. The largest absolute Gasteiger partial charge is 1.00 e. The van der Waals surface area contributed by atoms with E-state index in [1.165, 1.54) is 68.1 Å². The zero-order valence-corrected chi connectivity index (χ0v) is 47.5. The minimum absolute atomic E-state index is 0. The molecular formula is C54H54Ag2Cl2N2O8P4+4. The quantitative estimate of drug-likeness (QED) is 0.124. The van der Waals surface area contributed by atoms with E-state index >= 15 is 0 Å². The molecule has 0 spiro atoms. The van der Waals surface area contributed by atoms with Gasteiger partial charge in [0.1, 0.15) is 74.1 Å². The van der Waals surface area contributed by atoms with Crippen LogP contribution in [0.3, 0.4) is 0 Å². The number of hydrogen-bond acceptors (Lipinski definition) is 10. The maximum absolute atomic E-state index is 8.49. The van der Waals surface area contributed by atoms with E-state index in [0.717, 1.165) is 0 Å². The van der Waals surface area contributed by atoms with Gasteiger partial charge in [-0.25, -0.2) is 37.3 Å². The first-order valence-corrected chi connectivity index (χ1v) is 30.7. The van der Waals surface area contributed by atoms with Gasteiger partial charge in [0.2, 0.25) is 0 Å². The molecule has 0 saturated heterocycles. The van der Waals surface area contributed by atoms with Crippen molar-refractivity contribution in [2.75, 3.05) is 11.8 Å². The first-order chi connectivity index (χ1) is 33.7. The fraction of sp³-hybridized carbons (Fsp3) is 0.0741. The van der Waals surface area contributed by atoms with Crippen molar-refractivity contribution >= 4 is 74.1 Å². The van der Waals surface area contributed by atoms with Crippen LogP contribution in [0.2, 0.25) is 0 Å². The Hall–Kier alpha value is -3.80. The molecule has 72 heavy (non-hydrogen) atoms. The molecule has 0 saturated carbocycles. The summed E-state index contributed by atoms with van der Waals surface area (Å²) < 4.78 is 67.9. The van der Waals surface area contributed by atoms with E-state index in [1.807, 2.05) is 0 Å². The minimum atomic E-state index is -4.94. The third kappa shape index (κ3) is 28.0. The molecule has 0 aromatic heterocycles. The molecule has 0 fully saturated rings. The van der Waals surface area contributed by atoms with Crippen molar-refractivity contribution in [1.29, 1.82) is 10.5 Å². The Morgan fingerprint density at radius 3 is 0.444 bits per heavy atom. The third-order valence-corrected chi connectivity index (χ3v) is 23.6. The summed E-state index contributed by atoms with van der Waals surface area (Å²) in [5, 5.41) is 26.7. The Balaban J connectivity index is 0.000000544. The van der Waals surface area contributed by atoms with Gasteiger partial charge in [-0.05, 0) is 97.1 Å². The molecule has 8 rings (SSSR count). The molecule has 0 aliphatic rings. The molecule has 0 amide bonds. The SMILES string of the molecule is CC#N.CC#N.[Ag+].[Ag+].[O-][Cl+3]([O-])([O-])[O-].[O-][Cl+3]([O-])([O-])[O-].c1ccc([PH+](C[PH+](c2ccccc2)c2ccccc2)c2ccccc2)cc1.c1ccc([PH+](C[PH+](c2ccccc2)c2ccccc2)c2ccccc2)cc1. The van der Waals surface area contributed by atoms with E-state index in [1.54, 1.807) is 12.1 Å². The molecule has 380 valence electrons. The van der Waals surface area contributed by atoms with Gasteiger partial charge in [0.15, 0.2) is 11.8 Å². The van der Waals surface area contributed by atoms with E-state index in [0.29, 0.717) is 0 Å². The van der Waals surface area contributed by atoms with Gasteiger partial charge < -0.3 is 0 Å². The Kier molecular flexibility index (Phi) is 34.8. The van der Waals surface area contributed by atoms with Crippen molar-refractivity contribution in [2.45, 2.75) is 13.8 Å². The molecule has 0 radical (unpaired) electrons. The van der Waals surface area contributed by atoms with Crippen LogP contribution in [0.4, 0.5) is 0 Å². The van der Waals surface area contributed by atoms with Crippen molar-refractivity contribution in [3.8, 4) is 12.1 Å². The molecular weight excluding hydrogens is 1220 g/mol. The van der Waals surface area contributed by atoms with Crippen molar-refractivity contribution in [3.05, 3.63) is 243 Å². The second-order valence-corrected chi connectivity index (χ2v) is 27.2. The average molecular weight is 1270 g/mol. The zero-order chi connectivity index (χ0) is 51.0. The van der Waals surface area contributed by atoms with Crippen molar-refractivity contribution < 1.29 is 103 Å². The number of hydrogen-bond donors (Lipinski definition) is 0. The number of benzene rings is 8. The topological polar surface area (TPSA) is 232 Å². The van der Waals surface area contributed by atoms with Crippen LogP contribution >= 0.6 is 31.7 Å². The number of halogens is 2. The number of nitriles is 2. The van der Waals surface area contributed by atoms with Gasteiger partial charge in [-0.2, -0.15) is 10.5 Å². The number of nitrogens with zero attached hydrogens (tertiary/aromatic N) is 2. The molecule has 0 unspecified atom stereocenters. The Labute approximate surface area is 463 Å². The van der Waals surface area contributed by atoms with Crippen molar-refractivity contribution in [3.63, 3.8) is 0 Å². The monoisotopic (exact) mass is 1270 g/mol. The smallest absolute Gasteiger partial charge is 0.222 e. The molecule has 8 aromatic rings. The van der Waals surface area contributed by atoms with Gasteiger partial charge in [-0.1, -0.05) is 146 Å². The maximum Gasteiger partial charge on any atom is 1.00 e. The normalized spacial score (nSPS) is 10.2. The maximum atomic E-state index is 8.49. The first kappa shape index (κ1) is 66.2. The van der Waals surface area contributed by atoms with Crippen LogP contribution in [0.1, 0.15) is 13.8 Å². The molecule has 10 nitrogen and oxygen atoms in total. The molecule has 0 N–H and O–H groups in total.